The predicted molar refractivity (Wildman–Crippen MR) is 111 cm³/mol. The molecule has 0 spiro atoms. The van der Waals surface area contributed by atoms with Crippen LogP contribution in [0.5, 0.6) is 0 Å². The molecule has 1 heterocycles. The van der Waals surface area contributed by atoms with Crippen LogP contribution in [0.1, 0.15) is 52.5 Å². The van der Waals surface area contributed by atoms with Crippen molar-refractivity contribution in [2.75, 3.05) is 26.2 Å². The fourth-order valence-electron chi connectivity index (χ4n) is 3.52. The molecule has 162 valence electrons. The summed E-state index contributed by atoms with van der Waals surface area (Å²) in [6.45, 7) is 9.94. The first kappa shape index (κ1) is 23.1. The number of nitrogens with one attached hydrogen (secondary N) is 1. The lowest BCUT2D eigenvalue weighted by Crippen LogP contribution is -2.51. The smallest absolute Gasteiger partial charge is 0.407 e. The largest absolute Gasteiger partial charge is 0.444 e. The van der Waals surface area contributed by atoms with Crippen molar-refractivity contribution in [1.82, 2.24) is 15.1 Å². The average molecular weight is 408 g/mol. The summed E-state index contributed by atoms with van der Waals surface area (Å²) in [4.78, 5) is 28.7. The molecule has 0 aliphatic carbocycles. The van der Waals surface area contributed by atoms with Crippen LogP contribution in [0.4, 0.5) is 9.18 Å². The number of piperidine rings is 1. The molecule has 0 bridgehead atoms. The number of benzene rings is 1. The molecule has 1 atom stereocenters. The fraction of sp³-hybridized carbons (Fsp3) is 0.636. The second-order valence-electron chi connectivity index (χ2n) is 8.54. The SMILES string of the molecule is CCN(Cc1cccc(F)c1)C(=O)CN1CCCCC1CNC(=O)OC(C)(C)C. The number of rotatable bonds is 7. The molecular weight excluding hydrogens is 373 g/mol. The first-order valence-electron chi connectivity index (χ1n) is 10.4. The Labute approximate surface area is 173 Å². The van der Waals surface area contributed by atoms with Gasteiger partial charge in [0.2, 0.25) is 5.91 Å². The van der Waals surface area contributed by atoms with E-state index in [1.54, 1.807) is 11.0 Å². The van der Waals surface area contributed by atoms with E-state index in [0.717, 1.165) is 31.4 Å². The number of alkyl carbamates (subject to hydrolysis) is 1. The van der Waals surface area contributed by atoms with E-state index in [9.17, 15) is 14.0 Å². The third-order valence-electron chi connectivity index (χ3n) is 4.97. The summed E-state index contributed by atoms with van der Waals surface area (Å²) in [7, 11) is 0. The second-order valence-corrected chi connectivity index (χ2v) is 8.54. The maximum atomic E-state index is 13.4. The summed E-state index contributed by atoms with van der Waals surface area (Å²) < 4.78 is 18.7. The number of halogens is 1. The van der Waals surface area contributed by atoms with Gasteiger partial charge in [-0.2, -0.15) is 0 Å². The maximum absolute atomic E-state index is 13.4. The van der Waals surface area contributed by atoms with Crippen molar-refractivity contribution in [3.8, 4) is 0 Å². The van der Waals surface area contributed by atoms with E-state index in [0.29, 0.717) is 26.2 Å². The van der Waals surface area contributed by atoms with Gasteiger partial charge in [0.05, 0.1) is 6.54 Å². The number of hydrogen-bond donors (Lipinski definition) is 1. The number of likely N-dealkylation sites (tertiary alicyclic amines) is 1. The average Bonchev–Trinajstić information content (AvgIpc) is 2.64. The minimum atomic E-state index is -0.537. The molecule has 1 unspecified atom stereocenters. The molecular formula is C22H34FN3O3. The number of hydrogen-bond acceptors (Lipinski definition) is 4. The van der Waals surface area contributed by atoms with E-state index >= 15 is 0 Å². The zero-order chi connectivity index (χ0) is 21.4. The van der Waals surface area contributed by atoms with Crippen molar-refractivity contribution in [1.29, 1.82) is 0 Å². The number of amides is 2. The molecule has 0 aromatic heterocycles. The van der Waals surface area contributed by atoms with Crippen LogP contribution in [0.2, 0.25) is 0 Å². The molecule has 29 heavy (non-hydrogen) atoms. The van der Waals surface area contributed by atoms with Gasteiger partial charge in [0, 0.05) is 25.7 Å². The van der Waals surface area contributed by atoms with Crippen LogP contribution in [0, 0.1) is 5.82 Å². The first-order chi connectivity index (χ1) is 13.7. The molecule has 1 N–H and O–H groups in total. The quantitative estimate of drug-likeness (QED) is 0.751. The van der Waals surface area contributed by atoms with Crippen LogP contribution in [-0.4, -0.2) is 59.6 Å². The van der Waals surface area contributed by atoms with Crippen molar-refractivity contribution in [3.05, 3.63) is 35.6 Å². The number of carbonyl (C=O) groups excluding carboxylic acids is 2. The van der Waals surface area contributed by atoms with Crippen LogP contribution in [0.3, 0.4) is 0 Å². The summed E-state index contributed by atoms with van der Waals surface area (Å²) >= 11 is 0. The Morgan fingerprint density at radius 2 is 2.07 bits per heavy atom. The molecule has 0 saturated carbocycles. The molecule has 1 aromatic carbocycles. The molecule has 1 aliphatic rings. The first-order valence-corrected chi connectivity index (χ1v) is 10.4. The molecule has 1 saturated heterocycles. The molecule has 2 amide bonds. The Kier molecular flexibility index (Phi) is 8.44. The van der Waals surface area contributed by atoms with E-state index in [-0.39, 0.29) is 17.8 Å². The lowest BCUT2D eigenvalue weighted by molar-refractivity contribution is -0.133. The van der Waals surface area contributed by atoms with Crippen LogP contribution < -0.4 is 5.32 Å². The highest BCUT2D eigenvalue weighted by atomic mass is 19.1. The van der Waals surface area contributed by atoms with Gasteiger partial charge in [-0.25, -0.2) is 9.18 Å². The Morgan fingerprint density at radius 3 is 2.72 bits per heavy atom. The van der Waals surface area contributed by atoms with Crippen molar-refractivity contribution < 1.29 is 18.7 Å². The standard InChI is InChI=1S/C22H34FN3O3/c1-5-25(15-17-9-8-10-18(23)13-17)20(27)16-26-12-7-6-11-19(26)14-24-21(28)29-22(2,3)4/h8-10,13,19H,5-7,11-12,14-16H2,1-4H3,(H,24,28). The molecule has 6 nitrogen and oxygen atoms in total. The van der Waals surface area contributed by atoms with Gasteiger partial charge in [0.1, 0.15) is 11.4 Å². The Hall–Kier alpha value is -2.15. The summed E-state index contributed by atoms with van der Waals surface area (Å²) in [6, 6.07) is 6.45. The van der Waals surface area contributed by atoms with Gasteiger partial charge < -0.3 is 15.0 Å². The molecule has 1 aliphatic heterocycles. The molecule has 1 aromatic rings. The monoisotopic (exact) mass is 407 g/mol. The van der Waals surface area contributed by atoms with Crippen LogP contribution in [-0.2, 0) is 16.1 Å². The molecule has 1 fully saturated rings. The van der Waals surface area contributed by atoms with E-state index in [2.05, 4.69) is 10.2 Å². The molecule has 0 radical (unpaired) electrons. The Bertz CT molecular complexity index is 690. The van der Waals surface area contributed by atoms with Crippen molar-refractivity contribution in [3.63, 3.8) is 0 Å². The van der Waals surface area contributed by atoms with Gasteiger partial charge in [0.25, 0.3) is 0 Å². The number of likely N-dealkylation sites (N-methyl/N-ethyl adjacent to an activating group) is 1. The van der Waals surface area contributed by atoms with Gasteiger partial charge in [0.15, 0.2) is 0 Å². The third kappa shape index (κ3) is 8.01. The van der Waals surface area contributed by atoms with Gasteiger partial charge in [-0.15, -0.1) is 0 Å². The highest BCUT2D eigenvalue weighted by Crippen LogP contribution is 2.17. The van der Waals surface area contributed by atoms with Crippen LogP contribution in [0.15, 0.2) is 24.3 Å². The van der Waals surface area contributed by atoms with Crippen LogP contribution >= 0.6 is 0 Å². The zero-order valence-corrected chi connectivity index (χ0v) is 18.0. The zero-order valence-electron chi connectivity index (χ0n) is 18.0. The number of ether oxygens (including phenoxy) is 1. The predicted octanol–water partition coefficient (Wildman–Crippen LogP) is 3.55. The number of carbonyl (C=O) groups is 2. The van der Waals surface area contributed by atoms with Crippen molar-refractivity contribution >= 4 is 12.0 Å². The normalized spacial score (nSPS) is 17.6. The van der Waals surface area contributed by atoms with Gasteiger partial charge in [-0.05, 0) is 64.8 Å². The molecule has 2 rings (SSSR count). The van der Waals surface area contributed by atoms with Crippen molar-refractivity contribution in [2.24, 2.45) is 0 Å². The fourth-order valence-corrected chi connectivity index (χ4v) is 3.52. The van der Waals surface area contributed by atoms with Gasteiger partial charge in [-0.1, -0.05) is 18.6 Å². The minimum Gasteiger partial charge on any atom is -0.444 e. The third-order valence-corrected chi connectivity index (χ3v) is 4.97. The summed E-state index contributed by atoms with van der Waals surface area (Å²) in [5, 5.41) is 2.83. The van der Waals surface area contributed by atoms with E-state index in [4.69, 9.17) is 4.74 Å². The Morgan fingerprint density at radius 1 is 1.31 bits per heavy atom. The number of nitrogens with zero attached hydrogens (tertiary/aromatic N) is 2. The summed E-state index contributed by atoms with van der Waals surface area (Å²) in [5.74, 6) is -0.281. The lowest BCUT2D eigenvalue weighted by atomic mass is 10.0. The van der Waals surface area contributed by atoms with E-state index in [1.807, 2.05) is 33.8 Å². The lowest BCUT2D eigenvalue weighted by Gasteiger charge is -2.36. The van der Waals surface area contributed by atoms with Gasteiger partial charge in [-0.3, -0.25) is 9.69 Å². The van der Waals surface area contributed by atoms with E-state index < -0.39 is 11.7 Å². The summed E-state index contributed by atoms with van der Waals surface area (Å²) in [5.41, 5.74) is 0.243. The topological polar surface area (TPSA) is 61.9 Å². The Balaban J connectivity index is 1.92. The highest BCUT2D eigenvalue weighted by molar-refractivity contribution is 5.78. The minimum absolute atomic E-state index is 0.0147. The van der Waals surface area contributed by atoms with E-state index in [1.165, 1.54) is 12.1 Å². The van der Waals surface area contributed by atoms with Crippen LogP contribution in [0.25, 0.3) is 0 Å². The maximum Gasteiger partial charge on any atom is 0.407 e. The molecule has 7 heteroatoms. The van der Waals surface area contributed by atoms with Gasteiger partial charge >= 0.3 is 6.09 Å². The summed E-state index contributed by atoms with van der Waals surface area (Å²) in [6.07, 6.45) is 2.60. The highest BCUT2D eigenvalue weighted by Gasteiger charge is 2.27. The van der Waals surface area contributed by atoms with Crippen molar-refractivity contribution in [2.45, 2.75) is 65.1 Å². The second kappa shape index (κ2) is 10.6.